The number of hydrogen-bond donors (Lipinski definition) is 1. The standard InChI is InChI=1S/C19H19NO2.C17H12N2O3.C16H14N2O2.C15H12N2O3.C13H12N2O2.C12H10N2O2/c1-4-14-5-10-19-17(11-14)18(13(2)21)12-20(19)15-6-8-16(22-3)9-7-15;1-20-13-4-2-12(3-5-13)19-9-11(8-18)14-6-16-17(7-15(14)19)22-10-21-16;1-2-17-11-15(12-6-4-3-5-7-12)14-10-13(18(19)20)8-9-16(14)17;1-20-12-5-2-10(3-6-12)14-9-16-15-7-4-11(17(18)19)8-13(14)15;1-8(2)15-6-9(5-14)10-3-12-13(4-11(10)15)17-7-16-12;1-2-14-6-8(5-13)9-3-11-12(4-10(9)14)16-7-15-11/h5-12H,4H2,1-3H3;2-7,9H,10H2,1H3;3-11H,2H2,1H3;2-9,16H,1H3;3-4,6,8H,7H2,1-2H3;3-4,6H,2,7H2,1H3. The number of benzene rings is 10. The van der Waals surface area contributed by atoms with E-state index in [4.69, 9.17) is 53.2 Å². The molecule has 0 atom stereocenters. The van der Waals surface area contributed by atoms with Crippen LogP contribution in [-0.4, -0.2) is 85.2 Å². The van der Waals surface area contributed by atoms with Gasteiger partial charge in [0.2, 0.25) is 20.4 Å². The number of ether oxygens (including phenoxy) is 9. The number of carbonyl (C=O) groups excluding carboxylic acids is 1. The number of methoxy groups -OCH3 is 3. The number of nitro benzene ring substituents is 2. The van der Waals surface area contributed by atoms with Crippen molar-refractivity contribution in [2.24, 2.45) is 0 Å². The second-order valence-electron chi connectivity index (χ2n) is 27.4. The van der Waals surface area contributed by atoms with Gasteiger partial charge in [-0.3, -0.25) is 25.0 Å². The molecule has 586 valence electrons. The van der Waals surface area contributed by atoms with Crippen LogP contribution >= 0.6 is 0 Å². The summed E-state index contributed by atoms with van der Waals surface area (Å²) in [6, 6.07) is 67.6. The number of carbonyl (C=O) groups is 1. The highest BCUT2D eigenvalue weighted by molar-refractivity contribution is 6.08. The lowest BCUT2D eigenvalue weighted by atomic mass is 10.0. The van der Waals surface area contributed by atoms with Crippen molar-refractivity contribution in [2.75, 3.05) is 41.7 Å². The molecule has 3 aliphatic rings. The van der Waals surface area contributed by atoms with E-state index in [1.807, 2.05) is 193 Å². The average Bonchev–Trinajstić information content (AvgIpc) is 1.62. The monoisotopic (exact) mass is 1560 g/mol. The number of ketones is 1. The van der Waals surface area contributed by atoms with Crippen LogP contribution in [0.2, 0.25) is 0 Å². The van der Waals surface area contributed by atoms with Gasteiger partial charge in [0.15, 0.2) is 40.3 Å². The Morgan fingerprint density at radius 1 is 0.462 bits per heavy atom. The number of hydrogen-bond acceptors (Lipinski definition) is 17. The summed E-state index contributed by atoms with van der Waals surface area (Å²) in [5.41, 5.74) is 16.1. The van der Waals surface area contributed by atoms with Gasteiger partial charge in [-0.1, -0.05) is 55.5 Å². The van der Waals surface area contributed by atoms with E-state index in [1.54, 1.807) is 52.5 Å². The molecule has 0 unspecified atom stereocenters. The first-order valence-electron chi connectivity index (χ1n) is 37.5. The SMILES string of the molecule is CC(C)n1cc(C#N)c2cc3c(cc21)OCO3.CCc1ccc2c(c1)c(C(C)=O)cn2-c1ccc(OC)cc1.CCn1cc(-c2ccccc2)c2cc([N+](=O)[O-])ccc21.CCn1cc(C#N)c2cc3c(cc21)OCO3.COc1ccc(-c2c[nH]c3ccc([N+](=O)[O-])cc23)cc1.COc1ccc(-n2cc(C#N)c3cc4c(cc32)OCO4)cc1. The summed E-state index contributed by atoms with van der Waals surface area (Å²) in [7, 11) is 4.90. The minimum atomic E-state index is -0.385. The summed E-state index contributed by atoms with van der Waals surface area (Å²) in [5, 5.41) is 54.9. The molecule has 0 amide bonds. The minimum Gasteiger partial charge on any atom is -0.497 e. The van der Waals surface area contributed by atoms with Gasteiger partial charge in [0, 0.05) is 170 Å². The normalized spacial score (nSPS) is 11.8. The molecule has 25 heteroatoms. The molecule has 6 aromatic heterocycles. The Kier molecular flexibility index (Phi) is 22.9. The molecule has 16 aromatic rings. The third kappa shape index (κ3) is 16.1. The Labute approximate surface area is 671 Å². The molecule has 0 aliphatic carbocycles. The van der Waals surface area contributed by atoms with E-state index < -0.39 is 0 Å². The second-order valence-corrected chi connectivity index (χ2v) is 27.4. The summed E-state index contributed by atoms with van der Waals surface area (Å²) in [6.45, 7) is 14.4. The zero-order chi connectivity index (χ0) is 82.1. The van der Waals surface area contributed by atoms with Gasteiger partial charge in [-0.05, 0) is 161 Å². The molecule has 0 spiro atoms. The number of H-pyrrole nitrogens is 1. The molecular formula is C92H79N11O14. The largest absolute Gasteiger partial charge is 0.497 e. The van der Waals surface area contributed by atoms with Crippen molar-refractivity contribution >= 4 is 82.6 Å². The van der Waals surface area contributed by atoms with Crippen molar-refractivity contribution < 1.29 is 57.3 Å². The number of non-ortho nitro benzene ring substituents is 2. The summed E-state index contributed by atoms with van der Waals surface area (Å²) >= 11 is 0. The van der Waals surface area contributed by atoms with Crippen LogP contribution in [0, 0.1) is 54.2 Å². The number of aryl methyl sites for hydroxylation is 3. The fourth-order valence-corrected chi connectivity index (χ4v) is 14.3. The lowest BCUT2D eigenvalue weighted by molar-refractivity contribution is -0.384. The van der Waals surface area contributed by atoms with E-state index >= 15 is 0 Å². The van der Waals surface area contributed by atoms with Gasteiger partial charge in [-0.2, -0.15) is 15.8 Å². The number of Topliss-reactive ketones (excluding diaryl/α,β-unsaturated/α-hetero) is 1. The van der Waals surface area contributed by atoms with E-state index in [0.29, 0.717) is 34.2 Å². The van der Waals surface area contributed by atoms with Crippen LogP contribution < -0.4 is 42.6 Å². The summed E-state index contributed by atoms with van der Waals surface area (Å²) < 4.78 is 57.9. The fraction of sp³-hybridized carbons (Fsp3) is 0.174. The molecule has 0 bridgehead atoms. The maximum atomic E-state index is 12.0. The zero-order valence-corrected chi connectivity index (χ0v) is 65.4. The number of nitro groups is 2. The third-order valence-corrected chi connectivity index (χ3v) is 20.4. The van der Waals surface area contributed by atoms with Crippen molar-refractivity contribution in [3.63, 3.8) is 0 Å². The Hall–Kier alpha value is -15.4. The number of nitrogens with zero attached hydrogens (tertiary/aromatic N) is 10. The maximum absolute atomic E-state index is 12.0. The van der Waals surface area contributed by atoms with Gasteiger partial charge < -0.3 is 70.5 Å². The van der Waals surface area contributed by atoms with E-state index in [2.05, 4.69) is 89.0 Å². The quantitative estimate of drug-likeness (QED) is 0.0601. The van der Waals surface area contributed by atoms with Gasteiger partial charge in [0.1, 0.15) is 35.5 Å². The van der Waals surface area contributed by atoms with E-state index in [9.17, 15) is 30.3 Å². The van der Waals surface area contributed by atoms with Crippen molar-refractivity contribution in [1.82, 2.24) is 27.8 Å². The number of nitriles is 3. The minimum absolute atomic E-state index is 0.0884. The van der Waals surface area contributed by atoms with Crippen molar-refractivity contribution in [3.8, 4) is 104 Å². The number of aromatic amines is 1. The summed E-state index contributed by atoms with van der Waals surface area (Å²) in [6.07, 6.45) is 12.4. The Balaban J connectivity index is 0.000000116. The highest BCUT2D eigenvalue weighted by Crippen LogP contribution is 2.43. The van der Waals surface area contributed by atoms with Crippen LogP contribution in [0.3, 0.4) is 0 Å². The first-order valence-corrected chi connectivity index (χ1v) is 37.5. The van der Waals surface area contributed by atoms with Gasteiger partial charge in [-0.25, -0.2) is 0 Å². The van der Waals surface area contributed by atoms with E-state index in [-0.39, 0.29) is 47.4 Å². The Bertz CT molecular complexity index is 6570. The molecule has 9 heterocycles. The van der Waals surface area contributed by atoms with E-state index in [0.717, 1.165) is 164 Å². The Morgan fingerprint density at radius 3 is 1.43 bits per heavy atom. The Morgan fingerprint density at radius 2 is 0.915 bits per heavy atom. The predicted molar refractivity (Wildman–Crippen MR) is 448 cm³/mol. The summed E-state index contributed by atoms with van der Waals surface area (Å²) in [4.78, 5) is 36.2. The first-order chi connectivity index (χ1) is 56.9. The number of nitrogens with one attached hydrogen (secondary N) is 1. The molecule has 0 saturated carbocycles. The van der Waals surface area contributed by atoms with Crippen molar-refractivity contribution in [3.05, 3.63) is 279 Å². The molecule has 19 rings (SSSR count). The molecule has 10 aromatic carbocycles. The average molecular weight is 1560 g/mol. The van der Waals surface area contributed by atoms with E-state index in [1.165, 1.54) is 11.6 Å². The topological polar surface area (TPSA) is 298 Å². The third-order valence-electron chi connectivity index (χ3n) is 20.4. The van der Waals surface area contributed by atoms with Crippen LogP contribution in [0.15, 0.2) is 231 Å². The maximum Gasteiger partial charge on any atom is 0.270 e. The lowest BCUT2D eigenvalue weighted by Gasteiger charge is -2.09. The van der Waals surface area contributed by atoms with Crippen LogP contribution in [0.5, 0.6) is 51.7 Å². The molecular weight excluding hydrogens is 1480 g/mol. The molecule has 0 fully saturated rings. The van der Waals surface area contributed by atoms with Crippen molar-refractivity contribution in [1.29, 1.82) is 15.8 Å². The van der Waals surface area contributed by atoms with Gasteiger partial charge in [0.25, 0.3) is 11.4 Å². The number of fused-ring (bicyclic) bond motifs is 9. The molecule has 3 aliphatic heterocycles. The molecule has 0 radical (unpaired) electrons. The van der Waals surface area contributed by atoms with Crippen LogP contribution in [0.1, 0.15) is 80.2 Å². The number of aromatic nitrogens is 6. The smallest absolute Gasteiger partial charge is 0.270 e. The summed E-state index contributed by atoms with van der Waals surface area (Å²) in [5.74, 6) is 6.80. The lowest BCUT2D eigenvalue weighted by Crippen LogP contribution is -1.97. The molecule has 117 heavy (non-hydrogen) atoms. The fourth-order valence-electron chi connectivity index (χ4n) is 14.3. The number of rotatable bonds is 14. The van der Waals surface area contributed by atoms with Gasteiger partial charge in [-0.15, -0.1) is 0 Å². The zero-order valence-electron chi connectivity index (χ0n) is 65.4. The molecule has 0 saturated heterocycles. The molecule has 25 nitrogen and oxygen atoms in total. The molecule has 1 N–H and O–H groups in total. The second kappa shape index (κ2) is 34.3. The highest BCUT2D eigenvalue weighted by Gasteiger charge is 2.24. The van der Waals surface area contributed by atoms with Crippen LogP contribution in [0.25, 0.3) is 99.0 Å². The first kappa shape index (κ1) is 78.3. The van der Waals surface area contributed by atoms with Gasteiger partial charge in [0.05, 0.1) is 69.9 Å². The van der Waals surface area contributed by atoms with Crippen LogP contribution in [-0.2, 0) is 19.5 Å². The van der Waals surface area contributed by atoms with Crippen LogP contribution in [0.4, 0.5) is 11.4 Å². The highest BCUT2D eigenvalue weighted by atomic mass is 16.7. The predicted octanol–water partition coefficient (Wildman–Crippen LogP) is 20.7. The van der Waals surface area contributed by atoms with Gasteiger partial charge >= 0.3 is 0 Å². The van der Waals surface area contributed by atoms with Crippen molar-refractivity contribution in [2.45, 2.75) is 67.1 Å².